The minimum absolute atomic E-state index is 0.0688. The highest BCUT2D eigenvalue weighted by Crippen LogP contribution is 2.35. The number of carbonyl (C=O) groups excluding carboxylic acids is 1. The normalized spacial score (nSPS) is 13.7. The maximum atomic E-state index is 15.1. The number of anilines is 2. The number of aromatic amines is 2. The number of amides is 1. The van der Waals surface area contributed by atoms with Gasteiger partial charge in [0.15, 0.2) is 23.0 Å². The molecule has 41 heavy (non-hydrogen) atoms. The van der Waals surface area contributed by atoms with E-state index in [-0.39, 0.29) is 22.7 Å². The van der Waals surface area contributed by atoms with Crippen LogP contribution in [-0.4, -0.2) is 37.3 Å². The quantitative estimate of drug-likeness (QED) is 0.199. The Labute approximate surface area is 232 Å². The Morgan fingerprint density at radius 1 is 0.927 bits per heavy atom. The lowest BCUT2D eigenvalue weighted by atomic mass is 9.95. The molecule has 0 radical (unpaired) electrons. The van der Waals surface area contributed by atoms with Crippen molar-refractivity contribution in [3.63, 3.8) is 0 Å². The first-order valence-electron chi connectivity index (χ1n) is 13.2. The van der Waals surface area contributed by atoms with Gasteiger partial charge in [-0.15, -0.1) is 0 Å². The first kappa shape index (κ1) is 26.1. The van der Waals surface area contributed by atoms with E-state index < -0.39 is 23.1 Å². The van der Waals surface area contributed by atoms with Crippen LogP contribution in [0.25, 0.3) is 22.3 Å². The summed E-state index contributed by atoms with van der Waals surface area (Å²) in [5, 5.41) is 20.0. The number of pyridine rings is 1. The Hall–Kier alpha value is -5.13. The van der Waals surface area contributed by atoms with E-state index in [0.29, 0.717) is 34.2 Å². The first-order valence-corrected chi connectivity index (χ1v) is 13.2. The number of hydrogen-bond donors (Lipinski definition) is 4. The van der Waals surface area contributed by atoms with Crippen LogP contribution in [0.1, 0.15) is 42.5 Å². The molecule has 5 aromatic rings. The molecule has 3 aromatic heterocycles. The molecule has 0 unspecified atom stereocenters. The van der Waals surface area contributed by atoms with Crippen molar-refractivity contribution < 1.29 is 18.3 Å². The average Bonchev–Trinajstić information content (AvgIpc) is 3.39. The molecule has 208 valence electrons. The van der Waals surface area contributed by atoms with Gasteiger partial charge in [-0.05, 0) is 55.3 Å². The fourth-order valence-electron chi connectivity index (χ4n) is 4.87. The number of nitrogens with one attached hydrogen (secondary N) is 4. The van der Waals surface area contributed by atoms with Crippen molar-refractivity contribution in [1.29, 1.82) is 0 Å². The minimum Gasteiger partial charge on any atom is -0.453 e. The number of rotatable bonds is 7. The summed E-state index contributed by atoms with van der Waals surface area (Å²) >= 11 is 0. The standard InChI is InChI=1S/C29H25F2N7O3/c30-17-8-6-16(7-9-17)22-15-20(29(40)38-35-22)28(39)34-19-10-11-23(21(31)14-19)41-24-12-13-32-26-25(24)27(37-36-26)33-18-4-2-1-3-5-18/h6-15,18H,1-5H2,(H,34,39)(H,38,40)(H2,32,33,36,37). The lowest BCUT2D eigenvalue weighted by Crippen LogP contribution is -2.24. The maximum absolute atomic E-state index is 15.1. The van der Waals surface area contributed by atoms with E-state index in [1.54, 1.807) is 12.3 Å². The van der Waals surface area contributed by atoms with Crippen LogP contribution in [0.15, 0.2) is 65.6 Å². The second-order valence-electron chi connectivity index (χ2n) is 9.79. The van der Waals surface area contributed by atoms with Crippen molar-refractivity contribution >= 4 is 28.4 Å². The molecular formula is C29H25F2N7O3. The highest BCUT2D eigenvalue weighted by molar-refractivity contribution is 6.04. The van der Waals surface area contributed by atoms with Crippen LogP contribution in [0.4, 0.5) is 20.3 Å². The van der Waals surface area contributed by atoms with Gasteiger partial charge in [-0.3, -0.25) is 14.7 Å². The molecule has 2 aromatic carbocycles. The lowest BCUT2D eigenvalue weighted by Gasteiger charge is -2.22. The molecule has 1 amide bonds. The predicted octanol–water partition coefficient (Wildman–Crippen LogP) is 5.78. The van der Waals surface area contributed by atoms with E-state index in [4.69, 9.17) is 4.74 Å². The zero-order valence-corrected chi connectivity index (χ0v) is 21.7. The summed E-state index contributed by atoms with van der Waals surface area (Å²) in [4.78, 5) is 29.5. The van der Waals surface area contributed by atoms with Gasteiger partial charge in [0.2, 0.25) is 0 Å². The summed E-state index contributed by atoms with van der Waals surface area (Å²) in [7, 11) is 0. The Morgan fingerprint density at radius 3 is 2.51 bits per heavy atom. The van der Waals surface area contributed by atoms with Crippen molar-refractivity contribution in [2.45, 2.75) is 38.1 Å². The summed E-state index contributed by atoms with van der Waals surface area (Å²) in [6, 6.07) is 12.6. The van der Waals surface area contributed by atoms with Crippen LogP contribution >= 0.6 is 0 Å². The van der Waals surface area contributed by atoms with Crippen molar-refractivity contribution in [3.05, 3.63) is 88.3 Å². The number of H-pyrrole nitrogens is 2. The molecule has 0 saturated heterocycles. The number of ether oxygens (including phenoxy) is 1. The fourth-order valence-corrected chi connectivity index (χ4v) is 4.87. The first-order chi connectivity index (χ1) is 19.9. The van der Waals surface area contributed by atoms with Crippen molar-refractivity contribution in [1.82, 2.24) is 25.4 Å². The topological polar surface area (TPSA) is 138 Å². The zero-order valence-electron chi connectivity index (χ0n) is 21.7. The van der Waals surface area contributed by atoms with Gasteiger partial charge in [-0.25, -0.2) is 18.9 Å². The van der Waals surface area contributed by atoms with Crippen LogP contribution < -0.4 is 20.9 Å². The molecule has 1 aliphatic rings. The summed E-state index contributed by atoms with van der Waals surface area (Å²) in [5.74, 6) is -1.02. The largest absolute Gasteiger partial charge is 0.453 e. The summed E-state index contributed by atoms with van der Waals surface area (Å²) < 4.78 is 34.3. The highest BCUT2D eigenvalue weighted by Gasteiger charge is 2.20. The summed E-state index contributed by atoms with van der Waals surface area (Å²) in [6.45, 7) is 0. The molecule has 1 aliphatic carbocycles. The highest BCUT2D eigenvalue weighted by atomic mass is 19.1. The molecule has 0 atom stereocenters. The van der Waals surface area contributed by atoms with Crippen LogP contribution in [0, 0.1) is 11.6 Å². The molecule has 12 heteroatoms. The molecular weight excluding hydrogens is 532 g/mol. The molecule has 0 bridgehead atoms. The zero-order chi connectivity index (χ0) is 28.3. The monoisotopic (exact) mass is 557 g/mol. The molecule has 4 N–H and O–H groups in total. The summed E-state index contributed by atoms with van der Waals surface area (Å²) in [5.41, 5.74) is 0.425. The number of aromatic nitrogens is 5. The second-order valence-corrected chi connectivity index (χ2v) is 9.79. The van der Waals surface area contributed by atoms with Crippen LogP contribution in [-0.2, 0) is 0 Å². The molecule has 6 rings (SSSR count). The van der Waals surface area contributed by atoms with Crippen LogP contribution in [0.5, 0.6) is 11.5 Å². The predicted molar refractivity (Wildman–Crippen MR) is 149 cm³/mol. The Morgan fingerprint density at radius 2 is 1.73 bits per heavy atom. The molecule has 1 saturated carbocycles. The molecule has 10 nitrogen and oxygen atoms in total. The van der Waals surface area contributed by atoms with Gasteiger partial charge in [0.1, 0.15) is 22.5 Å². The van der Waals surface area contributed by atoms with Crippen molar-refractivity contribution in [2.24, 2.45) is 0 Å². The number of fused-ring (bicyclic) bond motifs is 1. The number of hydrogen-bond acceptors (Lipinski definition) is 7. The SMILES string of the molecule is O=C(Nc1ccc(Oc2ccnc3[nH]nc(NC4CCCCC4)c23)c(F)c1)c1cc(-c2ccc(F)cc2)n[nH]c1=O. The van der Waals surface area contributed by atoms with Crippen LogP contribution in [0.3, 0.4) is 0 Å². The van der Waals surface area contributed by atoms with E-state index in [1.807, 2.05) is 0 Å². The minimum atomic E-state index is -0.766. The van der Waals surface area contributed by atoms with E-state index in [1.165, 1.54) is 48.9 Å². The van der Waals surface area contributed by atoms with Crippen LogP contribution in [0.2, 0.25) is 0 Å². The number of halogens is 2. The van der Waals surface area contributed by atoms with E-state index >= 15 is 4.39 Å². The number of carbonyl (C=O) groups is 1. The van der Waals surface area contributed by atoms with Gasteiger partial charge >= 0.3 is 0 Å². The third kappa shape index (κ3) is 5.62. The molecule has 3 heterocycles. The van der Waals surface area contributed by atoms with E-state index in [2.05, 4.69) is 36.0 Å². The van der Waals surface area contributed by atoms with Gasteiger partial charge in [0.25, 0.3) is 11.5 Å². The fraction of sp³-hybridized carbons (Fsp3) is 0.207. The van der Waals surface area contributed by atoms with Crippen molar-refractivity contribution in [3.8, 4) is 22.8 Å². The average molecular weight is 558 g/mol. The van der Waals surface area contributed by atoms with Crippen molar-refractivity contribution in [2.75, 3.05) is 10.6 Å². The van der Waals surface area contributed by atoms with Gasteiger partial charge in [-0.2, -0.15) is 10.2 Å². The maximum Gasteiger partial charge on any atom is 0.277 e. The summed E-state index contributed by atoms with van der Waals surface area (Å²) in [6.07, 6.45) is 7.17. The van der Waals surface area contributed by atoms with Gasteiger partial charge < -0.3 is 15.4 Å². The smallest absolute Gasteiger partial charge is 0.277 e. The second kappa shape index (κ2) is 11.2. The third-order valence-electron chi connectivity index (χ3n) is 6.97. The van der Waals surface area contributed by atoms with Gasteiger partial charge in [0.05, 0.1) is 5.69 Å². The van der Waals surface area contributed by atoms with E-state index in [9.17, 15) is 14.0 Å². The third-order valence-corrected chi connectivity index (χ3v) is 6.97. The molecule has 0 aliphatic heterocycles. The van der Waals surface area contributed by atoms with Gasteiger partial charge in [-0.1, -0.05) is 19.3 Å². The molecule has 0 spiro atoms. The Kier molecular flexibility index (Phi) is 7.11. The number of nitrogens with zero attached hydrogens (tertiary/aromatic N) is 3. The lowest BCUT2D eigenvalue weighted by molar-refractivity contribution is 0.102. The Bertz CT molecular complexity index is 1780. The van der Waals surface area contributed by atoms with Gasteiger partial charge in [0, 0.05) is 35.6 Å². The molecule has 1 fully saturated rings. The Balaban J connectivity index is 1.20. The van der Waals surface area contributed by atoms with E-state index in [0.717, 1.165) is 31.7 Å². The number of benzene rings is 2.